The van der Waals surface area contributed by atoms with Crippen molar-refractivity contribution in [2.75, 3.05) is 19.7 Å². The van der Waals surface area contributed by atoms with Crippen LogP contribution in [0.25, 0.3) is 0 Å². The average molecular weight is 372 g/mol. The zero-order valence-corrected chi connectivity index (χ0v) is 16.0. The van der Waals surface area contributed by atoms with Gasteiger partial charge in [-0.1, -0.05) is 6.92 Å². The second-order valence-corrected chi connectivity index (χ2v) is 7.20. The Bertz CT molecular complexity index is 770. The fourth-order valence-corrected chi connectivity index (χ4v) is 4.29. The van der Waals surface area contributed by atoms with E-state index in [-0.39, 0.29) is 24.4 Å². The summed E-state index contributed by atoms with van der Waals surface area (Å²) in [7, 11) is 0. The van der Waals surface area contributed by atoms with Gasteiger partial charge >= 0.3 is 0 Å². The third kappa shape index (κ3) is 3.90. The van der Waals surface area contributed by atoms with Crippen molar-refractivity contribution in [1.29, 1.82) is 0 Å². The lowest BCUT2D eigenvalue weighted by Crippen LogP contribution is -2.44. The number of fused-ring (bicyclic) bond motifs is 1. The summed E-state index contributed by atoms with van der Waals surface area (Å²) < 4.78 is 5.37. The van der Waals surface area contributed by atoms with Gasteiger partial charge in [0.2, 0.25) is 5.91 Å². The first kappa shape index (κ1) is 18.5. The highest BCUT2D eigenvalue weighted by atomic mass is 32.1. The van der Waals surface area contributed by atoms with Gasteiger partial charge in [0.1, 0.15) is 5.75 Å². The average Bonchev–Trinajstić information content (AvgIpc) is 3.14. The van der Waals surface area contributed by atoms with E-state index in [1.165, 1.54) is 10.4 Å². The zero-order valence-electron chi connectivity index (χ0n) is 15.2. The molecule has 0 saturated carbocycles. The van der Waals surface area contributed by atoms with Gasteiger partial charge in [0, 0.05) is 17.0 Å². The molecule has 2 heterocycles. The monoisotopic (exact) mass is 372 g/mol. The van der Waals surface area contributed by atoms with Crippen LogP contribution in [0, 0.1) is 0 Å². The van der Waals surface area contributed by atoms with Crippen molar-refractivity contribution in [3.63, 3.8) is 0 Å². The molecule has 1 N–H and O–H groups in total. The standard InChI is InChI=1S/C20H24N2O3S/c1-3-17-16-10-12-26-18(16)9-11-22(17)19(23)13-21-20(24)14-5-7-15(8-6-14)25-4-2/h5-8,10,12,17H,3-4,9,11,13H2,1-2H3,(H,21,24)/t17-/m1/s1. The number of amides is 2. The lowest BCUT2D eigenvalue weighted by atomic mass is 9.98. The molecule has 138 valence electrons. The first-order valence-corrected chi connectivity index (χ1v) is 9.88. The maximum absolute atomic E-state index is 12.7. The SMILES string of the molecule is CCOc1ccc(C(=O)NCC(=O)N2CCc3sccc3[C@H]2CC)cc1. The van der Waals surface area contributed by atoms with E-state index >= 15 is 0 Å². The van der Waals surface area contributed by atoms with Gasteiger partial charge in [-0.15, -0.1) is 11.3 Å². The summed E-state index contributed by atoms with van der Waals surface area (Å²) >= 11 is 1.76. The minimum atomic E-state index is -0.248. The van der Waals surface area contributed by atoms with Gasteiger partial charge < -0.3 is 15.0 Å². The highest BCUT2D eigenvalue weighted by molar-refractivity contribution is 7.10. The molecule has 2 amide bonds. The molecule has 0 spiro atoms. The molecule has 6 heteroatoms. The number of rotatable bonds is 6. The number of hydrogen-bond acceptors (Lipinski definition) is 4. The third-order valence-corrected chi connectivity index (χ3v) is 5.63. The van der Waals surface area contributed by atoms with E-state index < -0.39 is 0 Å². The lowest BCUT2D eigenvalue weighted by molar-refractivity contribution is -0.133. The number of nitrogens with one attached hydrogen (secondary N) is 1. The summed E-state index contributed by atoms with van der Waals surface area (Å²) in [6, 6.07) is 9.16. The first-order chi connectivity index (χ1) is 12.6. The van der Waals surface area contributed by atoms with Crippen molar-refractivity contribution >= 4 is 23.2 Å². The van der Waals surface area contributed by atoms with Crippen molar-refractivity contribution in [1.82, 2.24) is 10.2 Å². The fourth-order valence-electron chi connectivity index (χ4n) is 3.36. The number of ether oxygens (including phenoxy) is 1. The van der Waals surface area contributed by atoms with Crippen LogP contribution in [-0.4, -0.2) is 36.4 Å². The van der Waals surface area contributed by atoms with Crippen molar-refractivity contribution in [3.05, 3.63) is 51.7 Å². The highest BCUT2D eigenvalue weighted by Gasteiger charge is 2.30. The smallest absolute Gasteiger partial charge is 0.251 e. The van der Waals surface area contributed by atoms with Crippen LogP contribution in [0.2, 0.25) is 0 Å². The number of nitrogens with zero attached hydrogens (tertiary/aromatic N) is 1. The van der Waals surface area contributed by atoms with Gasteiger partial charge in [0.25, 0.3) is 5.91 Å². The van der Waals surface area contributed by atoms with Crippen LogP contribution in [0.4, 0.5) is 0 Å². The van der Waals surface area contributed by atoms with Crippen LogP contribution in [0.1, 0.15) is 47.1 Å². The molecule has 3 rings (SSSR count). The fraction of sp³-hybridized carbons (Fsp3) is 0.400. The molecule has 26 heavy (non-hydrogen) atoms. The van der Waals surface area contributed by atoms with Gasteiger partial charge in [-0.05, 0) is 61.0 Å². The minimum absolute atomic E-state index is 0.0159. The molecule has 0 radical (unpaired) electrons. The van der Waals surface area contributed by atoms with Crippen molar-refractivity contribution in [2.24, 2.45) is 0 Å². The zero-order chi connectivity index (χ0) is 18.5. The molecule has 0 bridgehead atoms. The predicted octanol–water partition coefficient (Wildman–Crippen LogP) is 3.41. The van der Waals surface area contributed by atoms with Crippen LogP contribution in [0.15, 0.2) is 35.7 Å². The Labute approximate surface area is 158 Å². The van der Waals surface area contributed by atoms with Gasteiger partial charge in [-0.25, -0.2) is 0 Å². The van der Waals surface area contributed by atoms with E-state index in [1.54, 1.807) is 35.6 Å². The molecule has 1 atom stereocenters. The van der Waals surface area contributed by atoms with Crippen LogP contribution in [0.3, 0.4) is 0 Å². The number of hydrogen-bond donors (Lipinski definition) is 1. The molecular formula is C20H24N2O3S. The summed E-state index contributed by atoms with van der Waals surface area (Å²) in [5.41, 5.74) is 1.78. The van der Waals surface area contributed by atoms with Gasteiger partial charge in [-0.3, -0.25) is 9.59 Å². The van der Waals surface area contributed by atoms with Crippen LogP contribution >= 0.6 is 11.3 Å². The van der Waals surface area contributed by atoms with Gasteiger partial charge in [0.05, 0.1) is 19.2 Å². The minimum Gasteiger partial charge on any atom is -0.494 e. The Morgan fingerprint density at radius 3 is 2.69 bits per heavy atom. The molecule has 1 aliphatic rings. The molecule has 0 unspecified atom stereocenters. The van der Waals surface area contributed by atoms with Gasteiger partial charge in [0.15, 0.2) is 0 Å². The second-order valence-electron chi connectivity index (χ2n) is 6.20. The quantitative estimate of drug-likeness (QED) is 0.845. The number of thiophene rings is 1. The van der Waals surface area contributed by atoms with Crippen molar-refractivity contribution in [3.8, 4) is 5.75 Å². The van der Waals surface area contributed by atoms with Crippen LogP contribution in [0.5, 0.6) is 5.75 Å². The maximum Gasteiger partial charge on any atom is 0.251 e. The molecule has 1 aliphatic heterocycles. The normalized spacial score (nSPS) is 16.1. The molecule has 5 nitrogen and oxygen atoms in total. The topological polar surface area (TPSA) is 58.6 Å². The summed E-state index contributed by atoms with van der Waals surface area (Å²) in [6.45, 7) is 5.32. The molecule has 0 saturated heterocycles. The van der Waals surface area contributed by atoms with Crippen LogP contribution < -0.4 is 10.1 Å². The number of carbonyl (C=O) groups excluding carboxylic acids is 2. The highest BCUT2D eigenvalue weighted by Crippen LogP contribution is 2.35. The Balaban J connectivity index is 1.59. The lowest BCUT2D eigenvalue weighted by Gasteiger charge is -2.35. The number of benzene rings is 1. The van der Waals surface area contributed by atoms with E-state index in [9.17, 15) is 9.59 Å². The second kappa shape index (κ2) is 8.36. The summed E-state index contributed by atoms with van der Waals surface area (Å²) in [5, 5.41) is 4.83. The molecule has 1 aromatic heterocycles. The Morgan fingerprint density at radius 2 is 2.00 bits per heavy atom. The molecular weight excluding hydrogens is 348 g/mol. The van der Waals surface area contributed by atoms with Crippen molar-refractivity contribution in [2.45, 2.75) is 32.7 Å². The largest absolute Gasteiger partial charge is 0.494 e. The third-order valence-electron chi connectivity index (χ3n) is 4.63. The Kier molecular flexibility index (Phi) is 5.93. The molecule has 2 aromatic rings. The van der Waals surface area contributed by atoms with E-state index in [1.807, 2.05) is 11.8 Å². The van der Waals surface area contributed by atoms with E-state index in [4.69, 9.17) is 4.74 Å². The van der Waals surface area contributed by atoms with Gasteiger partial charge in [-0.2, -0.15) is 0 Å². The maximum atomic E-state index is 12.7. The first-order valence-electron chi connectivity index (χ1n) is 9.00. The van der Waals surface area contributed by atoms with E-state index in [2.05, 4.69) is 23.7 Å². The summed E-state index contributed by atoms with van der Waals surface area (Å²) in [4.78, 5) is 28.2. The predicted molar refractivity (Wildman–Crippen MR) is 103 cm³/mol. The molecule has 1 aromatic carbocycles. The van der Waals surface area contributed by atoms with Crippen molar-refractivity contribution < 1.29 is 14.3 Å². The molecule has 0 fully saturated rings. The Morgan fingerprint density at radius 1 is 1.23 bits per heavy atom. The molecule has 0 aliphatic carbocycles. The van der Waals surface area contributed by atoms with E-state index in [0.717, 1.165) is 18.6 Å². The summed E-state index contributed by atoms with van der Waals surface area (Å²) in [6.07, 6.45) is 1.77. The van der Waals surface area contributed by atoms with E-state index in [0.29, 0.717) is 18.7 Å². The van der Waals surface area contributed by atoms with Crippen LogP contribution in [-0.2, 0) is 11.2 Å². The summed E-state index contributed by atoms with van der Waals surface area (Å²) in [5.74, 6) is 0.446. The Hall–Kier alpha value is -2.34. The number of carbonyl (C=O) groups is 2.